The van der Waals surface area contributed by atoms with Crippen LogP contribution in [0.5, 0.6) is 0 Å². The number of piperazine rings is 1. The predicted octanol–water partition coefficient (Wildman–Crippen LogP) is 1.59. The van der Waals surface area contributed by atoms with Gasteiger partial charge < -0.3 is 14.4 Å². The molecule has 3 fully saturated rings. The standard InChI is InChI=1S/C19H28N4O2/c1-20-11-9-19(8-7-17(20)24)14-22(13-12-21(19)2)18(25)16-4-3-10-23(16)15-5-6-15/h3-4,10,15H,5-9,11-14H2,1-2H3/t19-/m1/s1. The zero-order valence-electron chi connectivity index (χ0n) is 15.3. The van der Waals surface area contributed by atoms with Gasteiger partial charge in [0.25, 0.3) is 5.91 Å². The topological polar surface area (TPSA) is 48.8 Å². The van der Waals surface area contributed by atoms with Crippen molar-refractivity contribution in [2.75, 3.05) is 40.3 Å². The van der Waals surface area contributed by atoms with Gasteiger partial charge in [-0.3, -0.25) is 14.5 Å². The van der Waals surface area contributed by atoms with E-state index in [9.17, 15) is 9.59 Å². The summed E-state index contributed by atoms with van der Waals surface area (Å²) in [6.45, 7) is 3.12. The number of hydrogen-bond donors (Lipinski definition) is 0. The number of likely N-dealkylation sites (tertiary alicyclic amines) is 1. The number of carbonyl (C=O) groups is 2. The van der Waals surface area contributed by atoms with Gasteiger partial charge in [0.1, 0.15) is 5.69 Å². The van der Waals surface area contributed by atoms with E-state index in [0.29, 0.717) is 12.5 Å². The minimum absolute atomic E-state index is 0.0780. The molecule has 1 saturated carbocycles. The van der Waals surface area contributed by atoms with Crippen LogP contribution < -0.4 is 0 Å². The Morgan fingerprint density at radius 1 is 1.16 bits per heavy atom. The maximum Gasteiger partial charge on any atom is 0.270 e. The molecule has 25 heavy (non-hydrogen) atoms. The lowest BCUT2D eigenvalue weighted by Crippen LogP contribution is -2.62. The monoisotopic (exact) mass is 344 g/mol. The zero-order valence-corrected chi connectivity index (χ0v) is 15.3. The Kier molecular flexibility index (Phi) is 4.10. The average Bonchev–Trinajstić information content (AvgIpc) is 3.37. The van der Waals surface area contributed by atoms with Gasteiger partial charge in [0, 0.05) is 57.4 Å². The van der Waals surface area contributed by atoms with Crippen LogP contribution in [0, 0.1) is 0 Å². The van der Waals surface area contributed by atoms with Gasteiger partial charge in [-0.1, -0.05) is 0 Å². The molecular weight excluding hydrogens is 316 g/mol. The maximum absolute atomic E-state index is 13.2. The Hall–Kier alpha value is -1.82. The average molecular weight is 344 g/mol. The highest BCUT2D eigenvalue weighted by Crippen LogP contribution is 2.37. The molecule has 0 aromatic carbocycles. The van der Waals surface area contributed by atoms with E-state index in [0.717, 1.165) is 44.7 Å². The highest BCUT2D eigenvalue weighted by Gasteiger charge is 2.43. The molecule has 0 unspecified atom stereocenters. The molecule has 1 aliphatic carbocycles. The van der Waals surface area contributed by atoms with Crippen molar-refractivity contribution in [3.63, 3.8) is 0 Å². The Morgan fingerprint density at radius 3 is 2.72 bits per heavy atom. The number of hydrogen-bond acceptors (Lipinski definition) is 3. The van der Waals surface area contributed by atoms with Gasteiger partial charge in [-0.15, -0.1) is 0 Å². The molecule has 1 aromatic rings. The fraction of sp³-hybridized carbons (Fsp3) is 0.684. The van der Waals surface area contributed by atoms with Gasteiger partial charge in [-0.2, -0.15) is 0 Å². The van der Waals surface area contributed by atoms with E-state index in [2.05, 4.69) is 16.5 Å². The molecule has 1 spiro atoms. The fourth-order valence-electron chi connectivity index (χ4n) is 4.34. The summed E-state index contributed by atoms with van der Waals surface area (Å²) in [6.07, 6.45) is 6.72. The SMILES string of the molecule is CN1CC[C@]2(CCC1=O)CN(C(=O)c1cccn1C1CC1)CCN2C. The van der Waals surface area contributed by atoms with Crippen LogP contribution in [0.15, 0.2) is 18.3 Å². The lowest BCUT2D eigenvalue weighted by molar-refractivity contribution is -0.129. The zero-order chi connectivity index (χ0) is 17.6. The number of likely N-dealkylation sites (N-methyl/N-ethyl adjacent to an activating group) is 1. The van der Waals surface area contributed by atoms with Crippen molar-refractivity contribution in [1.82, 2.24) is 19.3 Å². The van der Waals surface area contributed by atoms with Gasteiger partial charge in [-0.05, 0) is 44.9 Å². The first-order valence-electron chi connectivity index (χ1n) is 9.41. The summed E-state index contributed by atoms with van der Waals surface area (Å²) < 4.78 is 2.15. The van der Waals surface area contributed by atoms with Crippen molar-refractivity contribution in [2.45, 2.75) is 43.7 Å². The first-order valence-corrected chi connectivity index (χ1v) is 9.41. The molecule has 0 N–H and O–H groups in total. The summed E-state index contributed by atoms with van der Waals surface area (Å²) in [6, 6.07) is 4.45. The molecule has 136 valence electrons. The molecule has 1 atom stereocenters. The number of carbonyl (C=O) groups excluding carboxylic acids is 2. The van der Waals surface area contributed by atoms with Crippen LogP contribution in [0.3, 0.4) is 0 Å². The molecule has 0 bridgehead atoms. The quantitative estimate of drug-likeness (QED) is 0.819. The van der Waals surface area contributed by atoms with Crippen molar-refractivity contribution in [3.8, 4) is 0 Å². The summed E-state index contributed by atoms with van der Waals surface area (Å²) >= 11 is 0. The maximum atomic E-state index is 13.2. The molecule has 6 nitrogen and oxygen atoms in total. The second kappa shape index (κ2) is 6.16. The first-order chi connectivity index (χ1) is 12.0. The molecule has 6 heteroatoms. The third-order valence-electron chi connectivity index (χ3n) is 6.37. The second-order valence-electron chi connectivity index (χ2n) is 7.97. The van der Waals surface area contributed by atoms with Crippen LogP contribution >= 0.6 is 0 Å². The largest absolute Gasteiger partial charge is 0.346 e. The molecule has 2 saturated heterocycles. The summed E-state index contributed by atoms with van der Waals surface area (Å²) in [4.78, 5) is 31.5. The number of rotatable bonds is 2. The molecule has 3 heterocycles. The van der Waals surface area contributed by atoms with Gasteiger partial charge in [0.05, 0.1) is 0 Å². The predicted molar refractivity (Wildman–Crippen MR) is 95.5 cm³/mol. The van der Waals surface area contributed by atoms with Crippen molar-refractivity contribution >= 4 is 11.8 Å². The lowest BCUT2D eigenvalue weighted by atomic mass is 9.86. The van der Waals surface area contributed by atoms with Crippen LogP contribution in [0.2, 0.25) is 0 Å². The minimum atomic E-state index is -0.0780. The van der Waals surface area contributed by atoms with E-state index in [1.807, 2.05) is 35.2 Å². The van der Waals surface area contributed by atoms with Crippen LogP contribution in [-0.4, -0.2) is 76.9 Å². The highest BCUT2D eigenvalue weighted by molar-refractivity contribution is 5.93. The van der Waals surface area contributed by atoms with Gasteiger partial charge in [0.15, 0.2) is 0 Å². The number of aromatic nitrogens is 1. The molecule has 1 aromatic heterocycles. The van der Waals surface area contributed by atoms with Crippen LogP contribution in [-0.2, 0) is 4.79 Å². The minimum Gasteiger partial charge on any atom is -0.346 e. The van der Waals surface area contributed by atoms with E-state index < -0.39 is 0 Å². The molecule has 2 amide bonds. The van der Waals surface area contributed by atoms with Crippen LogP contribution in [0.1, 0.15) is 48.6 Å². The fourth-order valence-corrected chi connectivity index (χ4v) is 4.34. The van der Waals surface area contributed by atoms with Crippen molar-refractivity contribution in [2.24, 2.45) is 0 Å². The molecular formula is C19H28N4O2. The van der Waals surface area contributed by atoms with E-state index in [1.165, 1.54) is 12.8 Å². The van der Waals surface area contributed by atoms with Gasteiger partial charge in [0.2, 0.25) is 5.91 Å². The Morgan fingerprint density at radius 2 is 1.96 bits per heavy atom. The number of nitrogens with zero attached hydrogens (tertiary/aromatic N) is 4. The molecule has 4 rings (SSSR count). The van der Waals surface area contributed by atoms with Crippen molar-refractivity contribution in [1.29, 1.82) is 0 Å². The molecule has 3 aliphatic rings. The first kappa shape index (κ1) is 16.6. The highest BCUT2D eigenvalue weighted by atomic mass is 16.2. The number of amides is 2. The Bertz CT molecular complexity index is 681. The molecule has 2 aliphatic heterocycles. The van der Waals surface area contributed by atoms with E-state index in [4.69, 9.17) is 0 Å². The van der Waals surface area contributed by atoms with E-state index in [-0.39, 0.29) is 17.4 Å². The Labute approximate surface area is 149 Å². The van der Waals surface area contributed by atoms with Crippen molar-refractivity contribution in [3.05, 3.63) is 24.0 Å². The summed E-state index contributed by atoms with van der Waals surface area (Å²) in [5.41, 5.74) is 0.745. The van der Waals surface area contributed by atoms with Gasteiger partial charge in [-0.25, -0.2) is 0 Å². The van der Waals surface area contributed by atoms with E-state index in [1.54, 1.807) is 0 Å². The smallest absolute Gasteiger partial charge is 0.270 e. The lowest BCUT2D eigenvalue weighted by Gasteiger charge is -2.49. The second-order valence-corrected chi connectivity index (χ2v) is 7.97. The summed E-state index contributed by atoms with van der Waals surface area (Å²) in [5, 5.41) is 0. The van der Waals surface area contributed by atoms with Crippen LogP contribution in [0.4, 0.5) is 0 Å². The summed E-state index contributed by atoms with van der Waals surface area (Å²) in [5.74, 6) is 0.365. The normalized spacial score (nSPS) is 28.5. The summed E-state index contributed by atoms with van der Waals surface area (Å²) in [7, 11) is 4.03. The molecule has 0 radical (unpaired) electrons. The van der Waals surface area contributed by atoms with Crippen molar-refractivity contribution < 1.29 is 9.59 Å². The van der Waals surface area contributed by atoms with E-state index >= 15 is 0 Å². The van der Waals surface area contributed by atoms with Gasteiger partial charge >= 0.3 is 0 Å². The Balaban J connectivity index is 1.54. The third-order valence-corrected chi connectivity index (χ3v) is 6.37. The van der Waals surface area contributed by atoms with Crippen LogP contribution in [0.25, 0.3) is 0 Å². The third kappa shape index (κ3) is 2.97.